The fourth-order valence-electron chi connectivity index (χ4n) is 3.69. The summed E-state index contributed by atoms with van der Waals surface area (Å²) < 4.78 is 19.4. The lowest BCUT2D eigenvalue weighted by Gasteiger charge is -2.30. The number of anilines is 1. The van der Waals surface area contributed by atoms with Crippen LogP contribution in [-0.2, 0) is 13.0 Å². The second-order valence-electron chi connectivity index (χ2n) is 6.88. The molecule has 1 aliphatic heterocycles. The number of nitrogens with zero attached hydrogens (tertiary/aromatic N) is 4. The van der Waals surface area contributed by atoms with Crippen LogP contribution in [0.25, 0.3) is 11.1 Å². The van der Waals surface area contributed by atoms with Crippen molar-refractivity contribution in [1.82, 2.24) is 14.9 Å². The first-order valence-electron chi connectivity index (χ1n) is 9.27. The average Bonchev–Trinajstić information content (AvgIpc) is 2.77. The van der Waals surface area contributed by atoms with Gasteiger partial charge in [-0.25, -0.2) is 9.37 Å². The molecule has 0 fully saturated rings. The van der Waals surface area contributed by atoms with Crippen LogP contribution in [0.5, 0.6) is 5.75 Å². The molecule has 0 saturated heterocycles. The third-order valence-electron chi connectivity index (χ3n) is 5.10. The summed E-state index contributed by atoms with van der Waals surface area (Å²) in [6.07, 6.45) is 3.60. The maximum Gasteiger partial charge on any atom is 0.254 e. The molecule has 0 saturated carbocycles. The number of methoxy groups -OCH3 is 1. The van der Waals surface area contributed by atoms with Gasteiger partial charge in [-0.15, -0.1) is 0 Å². The van der Waals surface area contributed by atoms with E-state index in [-0.39, 0.29) is 23.8 Å². The number of carbonyl (C=O) groups is 1. The van der Waals surface area contributed by atoms with E-state index in [0.717, 1.165) is 0 Å². The van der Waals surface area contributed by atoms with Gasteiger partial charge in [0, 0.05) is 54.7 Å². The molecular weight excluding hydrogens is 385 g/mol. The number of ether oxygens (including phenoxy) is 1. The Kier molecular flexibility index (Phi) is 5.02. The molecule has 0 bridgehead atoms. The highest BCUT2D eigenvalue weighted by Gasteiger charge is 2.28. The molecule has 0 atom stereocenters. The van der Waals surface area contributed by atoms with Crippen molar-refractivity contribution >= 4 is 11.7 Å². The molecule has 3 heterocycles. The predicted molar refractivity (Wildman–Crippen MR) is 108 cm³/mol. The van der Waals surface area contributed by atoms with Crippen molar-refractivity contribution < 1.29 is 13.9 Å². The van der Waals surface area contributed by atoms with Gasteiger partial charge in [-0.2, -0.15) is 5.26 Å². The molecule has 2 aromatic heterocycles. The minimum Gasteiger partial charge on any atom is -0.497 e. The zero-order valence-electron chi connectivity index (χ0n) is 16.2. The number of pyridine rings is 2. The second kappa shape index (κ2) is 7.79. The van der Waals surface area contributed by atoms with Crippen LogP contribution in [0.15, 0.2) is 42.7 Å². The van der Waals surface area contributed by atoms with E-state index in [1.165, 1.54) is 19.2 Å². The Labute approximate surface area is 172 Å². The van der Waals surface area contributed by atoms with E-state index in [0.29, 0.717) is 46.7 Å². The number of carbonyl (C=O) groups excluding carboxylic acids is 1. The zero-order chi connectivity index (χ0) is 21.3. The van der Waals surface area contributed by atoms with Crippen LogP contribution in [0, 0.1) is 17.1 Å². The van der Waals surface area contributed by atoms with E-state index in [1.807, 2.05) is 0 Å². The van der Waals surface area contributed by atoms with Crippen molar-refractivity contribution in [3.8, 4) is 22.9 Å². The maximum atomic E-state index is 14.2. The smallest absolute Gasteiger partial charge is 0.254 e. The van der Waals surface area contributed by atoms with Crippen LogP contribution < -0.4 is 10.5 Å². The lowest BCUT2D eigenvalue weighted by Crippen LogP contribution is -2.37. The second-order valence-corrected chi connectivity index (χ2v) is 6.88. The number of nitrogens with two attached hydrogens (primary N) is 1. The Morgan fingerprint density at radius 2 is 2.07 bits per heavy atom. The number of hydrogen-bond donors (Lipinski definition) is 1. The van der Waals surface area contributed by atoms with E-state index >= 15 is 0 Å². The summed E-state index contributed by atoms with van der Waals surface area (Å²) in [5.74, 6) is -0.249. The summed E-state index contributed by atoms with van der Waals surface area (Å²) in [6, 6.07) is 9.60. The van der Waals surface area contributed by atoms with Gasteiger partial charge in [-0.3, -0.25) is 9.78 Å². The molecule has 1 amide bonds. The van der Waals surface area contributed by atoms with E-state index < -0.39 is 5.82 Å². The molecule has 8 heteroatoms. The number of hydrogen-bond acceptors (Lipinski definition) is 6. The third kappa shape index (κ3) is 3.42. The van der Waals surface area contributed by atoms with Gasteiger partial charge < -0.3 is 15.4 Å². The monoisotopic (exact) mass is 403 g/mol. The summed E-state index contributed by atoms with van der Waals surface area (Å²) in [5, 5.41) is 9.73. The number of fused-ring (bicyclic) bond motifs is 1. The molecule has 1 aliphatic rings. The molecule has 0 aliphatic carbocycles. The maximum absolute atomic E-state index is 14.2. The Balaban J connectivity index is 1.85. The average molecular weight is 403 g/mol. The number of amides is 1. The minimum absolute atomic E-state index is 0.0865. The number of halogens is 1. The van der Waals surface area contributed by atoms with Crippen molar-refractivity contribution in [1.29, 1.82) is 5.26 Å². The molecule has 0 unspecified atom stereocenters. The fourth-order valence-corrected chi connectivity index (χ4v) is 3.69. The molecule has 7 nitrogen and oxygen atoms in total. The van der Waals surface area contributed by atoms with Crippen molar-refractivity contribution in [2.24, 2.45) is 0 Å². The van der Waals surface area contributed by atoms with E-state index in [4.69, 9.17) is 10.5 Å². The first-order chi connectivity index (χ1) is 14.5. The van der Waals surface area contributed by atoms with Gasteiger partial charge in [0.2, 0.25) is 0 Å². The highest BCUT2D eigenvalue weighted by molar-refractivity contribution is 5.94. The van der Waals surface area contributed by atoms with E-state index in [2.05, 4.69) is 16.0 Å². The van der Waals surface area contributed by atoms with Gasteiger partial charge in [0.15, 0.2) is 0 Å². The Morgan fingerprint density at radius 3 is 2.77 bits per heavy atom. The Hall–Kier alpha value is -3.99. The van der Waals surface area contributed by atoms with Crippen LogP contribution in [0.4, 0.5) is 10.2 Å². The van der Waals surface area contributed by atoms with Crippen molar-refractivity contribution in [3.05, 3.63) is 70.9 Å². The SMILES string of the molecule is COc1cc(F)cc(-c2c(C#N)c(N)nc3c2CN(C(=O)c2ccncc2)CC3)c1. The summed E-state index contributed by atoms with van der Waals surface area (Å²) in [5.41, 5.74) is 9.02. The Morgan fingerprint density at radius 1 is 1.30 bits per heavy atom. The molecule has 4 rings (SSSR count). The number of nitriles is 1. The largest absolute Gasteiger partial charge is 0.497 e. The highest BCUT2D eigenvalue weighted by Crippen LogP contribution is 2.37. The molecule has 1 aromatic carbocycles. The van der Waals surface area contributed by atoms with Gasteiger partial charge in [0.25, 0.3) is 5.91 Å². The lowest BCUT2D eigenvalue weighted by molar-refractivity contribution is 0.0734. The first-order valence-corrected chi connectivity index (χ1v) is 9.27. The number of aromatic nitrogens is 2. The van der Waals surface area contributed by atoms with Gasteiger partial charge in [-0.05, 0) is 29.8 Å². The first kappa shape index (κ1) is 19.3. The topological polar surface area (TPSA) is 105 Å². The van der Waals surface area contributed by atoms with Crippen LogP contribution in [0.1, 0.15) is 27.2 Å². The zero-order valence-corrected chi connectivity index (χ0v) is 16.2. The number of nitrogen functional groups attached to an aromatic ring is 1. The highest BCUT2D eigenvalue weighted by atomic mass is 19.1. The van der Waals surface area contributed by atoms with E-state index in [1.54, 1.807) is 35.5 Å². The molecule has 0 spiro atoms. The van der Waals surface area contributed by atoms with Gasteiger partial charge >= 0.3 is 0 Å². The lowest BCUT2D eigenvalue weighted by atomic mass is 9.90. The van der Waals surface area contributed by atoms with Crippen molar-refractivity contribution in [2.45, 2.75) is 13.0 Å². The predicted octanol–water partition coefficient (Wildman–Crippen LogP) is 2.94. The summed E-state index contributed by atoms with van der Waals surface area (Å²) in [6.45, 7) is 0.686. The standard InChI is InChI=1S/C22H18FN5O2/c1-30-16-9-14(8-15(23)10-16)20-17(11-24)21(25)27-19-4-7-28(12-18(19)20)22(29)13-2-5-26-6-3-13/h2-3,5-6,8-10H,4,7,12H2,1H3,(H2,25,27). The molecule has 2 N–H and O–H groups in total. The Bertz CT molecular complexity index is 1170. The van der Waals surface area contributed by atoms with Crippen LogP contribution in [-0.4, -0.2) is 34.4 Å². The van der Waals surface area contributed by atoms with E-state index in [9.17, 15) is 14.4 Å². The fraction of sp³-hybridized carbons (Fsp3) is 0.182. The summed E-state index contributed by atoms with van der Waals surface area (Å²) >= 11 is 0. The minimum atomic E-state index is -0.502. The normalized spacial score (nSPS) is 12.8. The number of benzene rings is 1. The molecule has 3 aromatic rings. The van der Waals surface area contributed by atoms with Crippen molar-refractivity contribution in [3.63, 3.8) is 0 Å². The molecule has 30 heavy (non-hydrogen) atoms. The molecule has 0 radical (unpaired) electrons. The molecular formula is C22H18FN5O2. The van der Waals surface area contributed by atoms with Crippen LogP contribution in [0.2, 0.25) is 0 Å². The molecule has 150 valence electrons. The van der Waals surface area contributed by atoms with Gasteiger partial charge in [0.1, 0.15) is 29.0 Å². The van der Waals surface area contributed by atoms with Gasteiger partial charge in [-0.1, -0.05) is 0 Å². The quantitative estimate of drug-likeness (QED) is 0.721. The van der Waals surface area contributed by atoms with Gasteiger partial charge in [0.05, 0.1) is 12.8 Å². The van der Waals surface area contributed by atoms with Crippen LogP contribution in [0.3, 0.4) is 0 Å². The van der Waals surface area contributed by atoms with Crippen LogP contribution >= 0.6 is 0 Å². The third-order valence-corrected chi connectivity index (χ3v) is 5.10. The summed E-state index contributed by atoms with van der Waals surface area (Å²) in [7, 11) is 1.44. The van der Waals surface area contributed by atoms with Crippen molar-refractivity contribution in [2.75, 3.05) is 19.4 Å². The summed E-state index contributed by atoms with van der Waals surface area (Å²) in [4.78, 5) is 22.9. The number of rotatable bonds is 3.